The van der Waals surface area contributed by atoms with E-state index in [2.05, 4.69) is 15.9 Å². The first-order chi connectivity index (χ1) is 5.11. The molecule has 0 radical (unpaired) electrons. The summed E-state index contributed by atoms with van der Waals surface area (Å²) in [7, 11) is 0. The van der Waals surface area contributed by atoms with Crippen molar-refractivity contribution in [2.24, 2.45) is 0 Å². The Kier molecular flexibility index (Phi) is 2.84. The Morgan fingerprint density at radius 3 is 2.45 bits per heavy atom. The van der Waals surface area contributed by atoms with E-state index in [1.807, 2.05) is 0 Å². The van der Waals surface area contributed by atoms with Crippen molar-refractivity contribution in [1.82, 2.24) is 0 Å². The van der Waals surface area contributed by atoms with Gasteiger partial charge in [0.15, 0.2) is 0 Å². The molecule has 0 amide bonds. The Bertz CT molecular complexity index is 263. The average Bonchev–Trinajstić information content (AvgIpc) is 1.94. The second-order valence-electron chi connectivity index (χ2n) is 1.97. The van der Waals surface area contributed by atoms with Crippen LogP contribution in [0.3, 0.4) is 0 Å². The molecule has 0 N–H and O–H groups in total. The fraction of sp³-hybridized carbons (Fsp3) is 0.143. The zero-order valence-corrected chi connectivity index (χ0v) is 7.66. The topological polar surface area (TPSA) is 0 Å². The fourth-order valence-corrected chi connectivity index (χ4v) is 1.08. The van der Waals surface area contributed by atoms with Crippen molar-refractivity contribution in [2.75, 3.05) is 0 Å². The first-order valence-electron chi connectivity index (χ1n) is 2.84. The largest absolute Gasteiger partial charge is 0.263 e. The average molecular weight is 241 g/mol. The summed E-state index contributed by atoms with van der Waals surface area (Å²) in [4.78, 5) is 0. The van der Waals surface area contributed by atoms with E-state index in [-0.39, 0.29) is 5.56 Å². The van der Waals surface area contributed by atoms with Gasteiger partial charge < -0.3 is 0 Å². The van der Waals surface area contributed by atoms with Crippen molar-refractivity contribution >= 4 is 27.5 Å². The summed E-state index contributed by atoms with van der Waals surface area (Å²) in [5, 5.41) is 0.308. The number of hydrogen-bond donors (Lipinski definition) is 0. The SMILES string of the molecule is FC(F)c1ccc(Br)c(Cl)c1. The maximum absolute atomic E-state index is 12.0. The van der Waals surface area contributed by atoms with Crippen LogP contribution in [0.25, 0.3) is 0 Å². The van der Waals surface area contributed by atoms with E-state index in [9.17, 15) is 8.78 Å². The molecule has 0 aromatic heterocycles. The molecular formula is C7H4BrClF2. The highest BCUT2D eigenvalue weighted by molar-refractivity contribution is 9.10. The van der Waals surface area contributed by atoms with Crippen molar-refractivity contribution in [2.45, 2.75) is 6.43 Å². The Labute approximate surface area is 76.3 Å². The molecule has 0 saturated heterocycles. The van der Waals surface area contributed by atoms with Crippen LogP contribution in [-0.4, -0.2) is 0 Å². The molecule has 0 nitrogen and oxygen atoms in total. The predicted octanol–water partition coefficient (Wildman–Crippen LogP) is 4.04. The van der Waals surface area contributed by atoms with Crippen LogP contribution in [0.1, 0.15) is 12.0 Å². The van der Waals surface area contributed by atoms with Crippen molar-refractivity contribution in [3.8, 4) is 0 Å². The van der Waals surface area contributed by atoms with E-state index < -0.39 is 6.43 Å². The number of rotatable bonds is 1. The maximum atomic E-state index is 12.0. The van der Waals surface area contributed by atoms with E-state index in [0.717, 1.165) is 0 Å². The predicted molar refractivity (Wildman–Crippen MR) is 44.1 cm³/mol. The van der Waals surface area contributed by atoms with Crippen LogP contribution in [0.5, 0.6) is 0 Å². The van der Waals surface area contributed by atoms with Crippen molar-refractivity contribution in [1.29, 1.82) is 0 Å². The molecule has 4 heteroatoms. The van der Waals surface area contributed by atoms with Gasteiger partial charge in [-0.2, -0.15) is 0 Å². The summed E-state index contributed by atoms with van der Waals surface area (Å²) in [5.74, 6) is 0. The van der Waals surface area contributed by atoms with Crippen LogP contribution in [0, 0.1) is 0 Å². The third-order valence-corrected chi connectivity index (χ3v) is 2.43. The summed E-state index contributed by atoms with van der Waals surface area (Å²) < 4.78 is 24.6. The highest BCUT2D eigenvalue weighted by atomic mass is 79.9. The lowest BCUT2D eigenvalue weighted by Crippen LogP contribution is -1.82. The van der Waals surface area contributed by atoms with Crippen LogP contribution < -0.4 is 0 Å². The zero-order valence-electron chi connectivity index (χ0n) is 5.32. The van der Waals surface area contributed by atoms with Gasteiger partial charge in [-0.25, -0.2) is 8.78 Å². The number of benzene rings is 1. The third-order valence-electron chi connectivity index (χ3n) is 1.20. The molecule has 0 fully saturated rings. The van der Waals surface area contributed by atoms with Gasteiger partial charge in [0.2, 0.25) is 0 Å². The van der Waals surface area contributed by atoms with Gasteiger partial charge in [0, 0.05) is 10.0 Å². The van der Waals surface area contributed by atoms with Crippen molar-refractivity contribution in [3.05, 3.63) is 33.3 Å². The summed E-state index contributed by atoms with van der Waals surface area (Å²) in [5.41, 5.74) is -0.0572. The van der Waals surface area contributed by atoms with Gasteiger partial charge in [0.1, 0.15) is 0 Å². The first kappa shape index (κ1) is 8.94. The van der Waals surface area contributed by atoms with Gasteiger partial charge in [-0.15, -0.1) is 0 Å². The van der Waals surface area contributed by atoms with Crippen LogP contribution in [0.2, 0.25) is 5.02 Å². The monoisotopic (exact) mass is 240 g/mol. The highest BCUT2D eigenvalue weighted by Gasteiger charge is 2.07. The molecule has 11 heavy (non-hydrogen) atoms. The summed E-state index contributed by atoms with van der Waals surface area (Å²) in [6.45, 7) is 0. The minimum Gasteiger partial charge on any atom is -0.205 e. The van der Waals surface area contributed by atoms with E-state index in [1.165, 1.54) is 18.2 Å². The number of alkyl halides is 2. The lowest BCUT2D eigenvalue weighted by atomic mass is 10.2. The molecule has 0 aliphatic heterocycles. The van der Waals surface area contributed by atoms with Gasteiger partial charge >= 0.3 is 0 Å². The molecule has 1 aromatic rings. The minimum absolute atomic E-state index is 0.0572. The molecule has 0 saturated carbocycles. The van der Waals surface area contributed by atoms with Crippen molar-refractivity contribution < 1.29 is 8.78 Å². The van der Waals surface area contributed by atoms with Crippen LogP contribution in [0.4, 0.5) is 8.78 Å². The molecule has 60 valence electrons. The summed E-state index contributed by atoms with van der Waals surface area (Å²) in [6, 6.07) is 4.08. The van der Waals surface area contributed by atoms with Crippen molar-refractivity contribution in [3.63, 3.8) is 0 Å². The Morgan fingerprint density at radius 2 is 2.00 bits per heavy atom. The summed E-state index contributed by atoms with van der Waals surface area (Å²) >= 11 is 8.68. The zero-order chi connectivity index (χ0) is 8.43. The number of hydrogen-bond acceptors (Lipinski definition) is 0. The van der Waals surface area contributed by atoms with E-state index in [0.29, 0.717) is 9.50 Å². The molecule has 0 aliphatic carbocycles. The molecule has 0 aliphatic rings. The molecule has 1 rings (SSSR count). The molecule has 0 heterocycles. The lowest BCUT2D eigenvalue weighted by molar-refractivity contribution is 0.151. The van der Waals surface area contributed by atoms with Gasteiger partial charge in [0.05, 0.1) is 5.02 Å². The molecule has 0 atom stereocenters. The Morgan fingerprint density at radius 1 is 1.36 bits per heavy atom. The first-order valence-corrected chi connectivity index (χ1v) is 4.01. The second-order valence-corrected chi connectivity index (χ2v) is 3.24. The van der Waals surface area contributed by atoms with Gasteiger partial charge in [-0.3, -0.25) is 0 Å². The molecule has 0 unspecified atom stereocenters. The Hall–Kier alpha value is -0.150. The number of halogens is 4. The molecule has 0 spiro atoms. The van der Waals surface area contributed by atoms with Crippen LogP contribution >= 0.6 is 27.5 Å². The van der Waals surface area contributed by atoms with E-state index in [4.69, 9.17) is 11.6 Å². The second kappa shape index (κ2) is 3.50. The lowest BCUT2D eigenvalue weighted by Gasteiger charge is -2.00. The Balaban J connectivity index is 3.05. The van der Waals surface area contributed by atoms with Crippen LogP contribution in [-0.2, 0) is 0 Å². The standard InChI is InChI=1S/C7H4BrClF2/c8-5-2-1-4(7(10)11)3-6(5)9/h1-3,7H. The van der Waals surface area contributed by atoms with Gasteiger partial charge in [0.25, 0.3) is 6.43 Å². The normalized spacial score (nSPS) is 10.6. The fourth-order valence-electron chi connectivity index (χ4n) is 0.648. The quantitative estimate of drug-likeness (QED) is 0.696. The van der Waals surface area contributed by atoms with Gasteiger partial charge in [-0.05, 0) is 28.1 Å². The maximum Gasteiger partial charge on any atom is 0.263 e. The molecule has 1 aromatic carbocycles. The van der Waals surface area contributed by atoms with Crippen LogP contribution in [0.15, 0.2) is 22.7 Å². The molecular weight excluding hydrogens is 237 g/mol. The smallest absolute Gasteiger partial charge is 0.205 e. The van der Waals surface area contributed by atoms with E-state index >= 15 is 0 Å². The van der Waals surface area contributed by atoms with E-state index in [1.54, 1.807) is 0 Å². The van der Waals surface area contributed by atoms with Gasteiger partial charge in [-0.1, -0.05) is 17.7 Å². The highest BCUT2D eigenvalue weighted by Crippen LogP contribution is 2.27. The third kappa shape index (κ3) is 2.14. The minimum atomic E-state index is -2.46. The summed E-state index contributed by atoms with van der Waals surface area (Å²) in [6.07, 6.45) is -2.46. The molecule has 0 bridgehead atoms.